The van der Waals surface area contributed by atoms with Crippen molar-refractivity contribution >= 4 is 39.9 Å². The summed E-state index contributed by atoms with van der Waals surface area (Å²) in [7, 11) is 0. The number of hydrogen-bond acceptors (Lipinski definition) is 5. The van der Waals surface area contributed by atoms with Crippen molar-refractivity contribution in [2.45, 2.75) is 39.3 Å². The van der Waals surface area contributed by atoms with Crippen molar-refractivity contribution in [1.82, 2.24) is 9.13 Å². The molecule has 7 nitrogen and oxygen atoms in total. The molecule has 0 saturated carbocycles. The number of hydrogen-bond donors (Lipinski definition) is 1. The Balaban J connectivity index is 1.34. The number of para-hydroxylation sites is 2. The minimum atomic E-state index is -0.647. The van der Waals surface area contributed by atoms with E-state index in [2.05, 4.69) is 60.3 Å². The maximum Gasteiger partial charge on any atom is 0.271 e. The first-order valence-corrected chi connectivity index (χ1v) is 16.7. The maximum absolute atomic E-state index is 14.4. The summed E-state index contributed by atoms with van der Waals surface area (Å²) in [6, 6.07) is 34.7. The SMILES string of the molecule is CC1=C(C(=O)Nc2ccccc2)[C@@H](c2ccc(C(C)C)cc2)n2c(s/c(=C\c3cn(Cc4ccc(C#N)cc4)c4ccccc34)c2=O)=N1. The van der Waals surface area contributed by atoms with Gasteiger partial charge in [0.1, 0.15) is 0 Å². The Morgan fingerprint density at radius 3 is 2.40 bits per heavy atom. The minimum Gasteiger partial charge on any atom is -0.342 e. The van der Waals surface area contributed by atoms with Gasteiger partial charge in [-0.2, -0.15) is 5.26 Å². The highest BCUT2D eigenvalue weighted by Crippen LogP contribution is 2.32. The number of thiazole rings is 1. The molecule has 0 aliphatic carbocycles. The molecule has 0 radical (unpaired) electrons. The molecule has 1 amide bonds. The van der Waals surface area contributed by atoms with Gasteiger partial charge in [0.2, 0.25) is 0 Å². The lowest BCUT2D eigenvalue weighted by Gasteiger charge is -2.25. The van der Waals surface area contributed by atoms with Crippen molar-refractivity contribution in [3.8, 4) is 6.07 Å². The van der Waals surface area contributed by atoms with Crippen molar-refractivity contribution in [2.24, 2.45) is 4.99 Å². The van der Waals surface area contributed by atoms with Crippen LogP contribution < -0.4 is 20.2 Å². The topological polar surface area (TPSA) is 92.2 Å². The molecule has 0 bridgehead atoms. The molecule has 0 fully saturated rings. The zero-order valence-electron chi connectivity index (χ0n) is 26.8. The van der Waals surface area contributed by atoms with Crippen LogP contribution in [0, 0.1) is 11.3 Å². The van der Waals surface area contributed by atoms with Gasteiger partial charge in [0.25, 0.3) is 11.5 Å². The molecule has 236 valence electrons. The predicted molar refractivity (Wildman–Crippen MR) is 192 cm³/mol. The van der Waals surface area contributed by atoms with Crippen LogP contribution in [0.25, 0.3) is 17.0 Å². The smallest absolute Gasteiger partial charge is 0.271 e. The van der Waals surface area contributed by atoms with E-state index in [0.29, 0.717) is 44.3 Å². The van der Waals surface area contributed by atoms with Crippen molar-refractivity contribution < 1.29 is 4.79 Å². The molecule has 0 unspecified atom stereocenters. The van der Waals surface area contributed by atoms with Crippen LogP contribution in [0.1, 0.15) is 60.5 Å². The monoisotopic (exact) mass is 647 g/mol. The third kappa shape index (κ3) is 5.81. The van der Waals surface area contributed by atoms with E-state index in [0.717, 1.165) is 27.6 Å². The lowest BCUT2D eigenvalue weighted by molar-refractivity contribution is -0.113. The van der Waals surface area contributed by atoms with Gasteiger partial charge in [-0.3, -0.25) is 14.2 Å². The number of benzene rings is 4. The predicted octanol–water partition coefficient (Wildman–Crippen LogP) is 6.87. The van der Waals surface area contributed by atoms with Gasteiger partial charge in [0, 0.05) is 34.9 Å². The first-order chi connectivity index (χ1) is 23.3. The third-order valence-corrected chi connectivity index (χ3v) is 9.74. The Bertz CT molecular complexity index is 2420. The molecule has 1 aliphatic rings. The third-order valence-electron chi connectivity index (χ3n) is 8.76. The van der Waals surface area contributed by atoms with E-state index in [1.165, 1.54) is 16.9 Å². The molecule has 48 heavy (non-hydrogen) atoms. The molecule has 1 atom stereocenters. The average Bonchev–Trinajstić information content (AvgIpc) is 3.60. The molecule has 3 heterocycles. The van der Waals surface area contributed by atoms with Gasteiger partial charge in [0.15, 0.2) is 4.80 Å². The number of carbonyl (C=O) groups is 1. The Labute approximate surface area is 282 Å². The van der Waals surface area contributed by atoms with E-state index in [-0.39, 0.29) is 11.5 Å². The summed E-state index contributed by atoms with van der Waals surface area (Å²) < 4.78 is 4.37. The second kappa shape index (κ2) is 12.8. The van der Waals surface area contributed by atoms with Gasteiger partial charge < -0.3 is 9.88 Å². The van der Waals surface area contributed by atoms with Crippen LogP contribution in [0.3, 0.4) is 0 Å². The van der Waals surface area contributed by atoms with E-state index in [4.69, 9.17) is 4.99 Å². The summed E-state index contributed by atoms with van der Waals surface area (Å²) in [5.41, 5.74) is 7.17. The molecule has 0 spiro atoms. The van der Waals surface area contributed by atoms with Gasteiger partial charge in [-0.25, -0.2) is 4.99 Å². The summed E-state index contributed by atoms with van der Waals surface area (Å²) in [6.45, 7) is 6.74. The quantitative estimate of drug-likeness (QED) is 0.205. The van der Waals surface area contributed by atoms with Gasteiger partial charge in [-0.1, -0.05) is 98.0 Å². The van der Waals surface area contributed by atoms with Gasteiger partial charge in [0.05, 0.1) is 33.5 Å². The fourth-order valence-electron chi connectivity index (χ4n) is 6.25. The number of aromatic nitrogens is 2. The van der Waals surface area contributed by atoms with Crippen LogP contribution >= 0.6 is 11.3 Å². The number of nitrogens with one attached hydrogen (secondary N) is 1. The number of rotatable bonds is 7. The first kappa shape index (κ1) is 30.9. The van der Waals surface area contributed by atoms with E-state index in [1.54, 1.807) is 4.57 Å². The van der Waals surface area contributed by atoms with E-state index < -0.39 is 6.04 Å². The van der Waals surface area contributed by atoms with E-state index in [9.17, 15) is 14.9 Å². The molecular weight excluding hydrogens is 615 g/mol. The second-order valence-electron chi connectivity index (χ2n) is 12.3. The number of amides is 1. The molecule has 8 heteroatoms. The highest BCUT2D eigenvalue weighted by molar-refractivity contribution is 7.07. The van der Waals surface area contributed by atoms with Crippen LogP contribution in [-0.2, 0) is 11.3 Å². The minimum absolute atomic E-state index is 0.196. The Kier molecular flexibility index (Phi) is 8.22. The second-order valence-corrected chi connectivity index (χ2v) is 13.3. The molecule has 1 aliphatic heterocycles. The summed E-state index contributed by atoms with van der Waals surface area (Å²) in [5, 5.41) is 13.2. The van der Waals surface area contributed by atoms with Crippen molar-refractivity contribution in [3.05, 3.63) is 168 Å². The zero-order valence-corrected chi connectivity index (χ0v) is 27.7. The van der Waals surface area contributed by atoms with Crippen LogP contribution in [0.5, 0.6) is 0 Å². The number of allylic oxidation sites excluding steroid dienone is 1. The Morgan fingerprint density at radius 2 is 1.69 bits per heavy atom. The van der Waals surface area contributed by atoms with Gasteiger partial charge >= 0.3 is 0 Å². The highest BCUT2D eigenvalue weighted by atomic mass is 32.1. The summed E-state index contributed by atoms with van der Waals surface area (Å²) >= 11 is 1.33. The van der Waals surface area contributed by atoms with E-state index >= 15 is 0 Å². The summed E-state index contributed by atoms with van der Waals surface area (Å²) in [4.78, 5) is 33.7. The van der Waals surface area contributed by atoms with Crippen molar-refractivity contribution in [1.29, 1.82) is 5.26 Å². The number of anilines is 1. The standard InChI is InChI=1S/C40H33N5O2S/c1-25(2)29-17-19-30(20-18-29)37-36(38(46)43-32-9-5-4-6-10-32)26(3)42-40-45(37)39(47)35(48-40)21-31-24-44(34-12-8-7-11-33(31)34)23-28-15-13-27(22-41)14-16-28/h4-21,24-25,37H,23H2,1-3H3,(H,43,46)/b35-21-/t37-/m1/s1. The van der Waals surface area contributed by atoms with E-state index in [1.807, 2.05) is 91.9 Å². The van der Waals surface area contributed by atoms with Gasteiger partial charge in [-0.15, -0.1) is 0 Å². The molecule has 6 aromatic rings. The van der Waals surface area contributed by atoms with Crippen LogP contribution in [-0.4, -0.2) is 15.0 Å². The van der Waals surface area contributed by atoms with Crippen LogP contribution in [0.4, 0.5) is 5.69 Å². The Morgan fingerprint density at radius 1 is 0.979 bits per heavy atom. The van der Waals surface area contributed by atoms with Gasteiger partial charge in [-0.05, 0) is 65.9 Å². The molecule has 2 aromatic heterocycles. The molecule has 4 aromatic carbocycles. The Hall–Kier alpha value is -5.78. The number of nitriles is 1. The summed E-state index contributed by atoms with van der Waals surface area (Å²) in [5.74, 6) is 0.0544. The lowest BCUT2D eigenvalue weighted by atomic mass is 9.93. The average molecular weight is 648 g/mol. The fraction of sp³-hybridized carbons (Fsp3) is 0.150. The zero-order chi connectivity index (χ0) is 33.4. The molecule has 0 saturated heterocycles. The summed E-state index contributed by atoms with van der Waals surface area (Å²) in [6.07, 6.45) is 4.00. The van der Waals surface area contributed by atoms with Crippen molar-refractivity contribution in [3.63, 3.8) is 0 Å². The number of carbonyl (C=O) groups excluding carboxylic acids is 1. The van der Waals surface area contributed by atoms with Crippen LogP contribution in [0.15, 0.2) is 130 Å². The highest BCUT2D eigenvalue weighted by Gasteiger charge is 2.32. The molecule has 7 rings (SSSR count). The first-order valence-electron chi connectivity index (χ1n) is 15.9. The molecular formula is C40H33N5O2S. The fourth-order valence-corrected chi connectivity index (χ4v) is 7.29. The number of nitrogens with zero attached hydrogens (tertiary/aromatic N) is 4. The normalized spacial score (nSPS) is 14.6. The lowest BCUT2D eigenvalue weighted by Crippen LogP contribution is -2.40. The number of fused-ring (bicyclic) bond motifs is 2. The largest absolute Gasteiger partial charge is 0.342 e. The van der Waals surface area contributed by atoms with Crippen molar-refractivity contribution in [2.75, 3.05) is 5.32 Å². The molecule has 1 N–H and O–H groups in total. The maximum atomic E-state index is 14.4. The van der Waals surface area contributed by atoms with Crippen LogP contribution in [0.2, 0.25) is 0 Å².